The summed E-state index contributed by atoms with van der Waals surface area (Å²) < 4.78 is 1.02. The largest absolute Gasteiger partial charge is 0.481 e. The summed E-state index contributed by atoms with van der Waals surface area (Å²) in [4.78, 5) is 22.2. The Morgan fingerprint density at radius 3 is 2.39 bits per heavy atom. The molecular weight excluding hydrogens is 349 g/mol. The quantitative estimate of drug-likeness (QED) is 0.688. The van der Waals surface area contributed by atoms with Crippen LogP contribution in [-0.4, -0.2) is 34.2 Å². The number of halogens is 1. The smallest absolute Gasteiger partial charge is 0.306 e. The number of benzene rings is 1. The zero-order valence-electron chi connectivity index (χ0n) is 9.81. The Morgan fingerprint density at radius 1 is 1.33 bits per heavy atom. The second-order valence-corrected chi connectivity index (χ2v) is 5.50. The second kappa shape index (κ2) is 6.14. The van der Waals surface area contributed by atoms with Crippen LogP contribution in [0.5, 0.6) is 0 Å². The standard InChI is InChI=1S/C12H14INO4/c1-12(18,6-10(15)16)7-14-11(17)8-2-4-9(13)5-3-8/h2-5,18H,6-7H2,1H3,(H,14,17)(H,15,16). The van der Waals surface area contributed by atoms with E-state index in [9.17, 15) is 14.7 Å². The molecule has 1 aromatic carbocycles. The van der Waals surface area contributed by atoms with Gasteiger partial charge in [-0.25, -0.2) is 0 Å². The van der Waals surface area contributed by atoms with Gasteiger partial charge in [0, 0.05) is 15.7 Å². The maximum atomic E-state index is 11.7. The molecule has 3 N–H and O–H groups in total. The minimum Gasteiger partial charge on any atom is -0.481 e. The van der Waals surface area contributed by atoms with Gasteiger partial charge in [0.2, 0.25) is 0 Å². The molecule has 5 nitrogen and oxygen atoms in total. The predicted molar refractivity (Wildman–Crippen MR) is 74.4 cm³/mol. The lowest BCUT2D eigenvalue weighted by Gasteiger charge is -2.21. The van der Waals surface area contributed by atoms with Crippen LogP contribution < -0.4 is 5.32 Å². The molecule has 0 heterocycles. The number of carboxylic acids is 1. The lowest BCUT2D eigenvalue weighted by atomic mass is 10.0. The highest BCUT2D eigenvalue weighted by Gasteiger charge is 2.24. The Bertz CT molecular complexity index is 442. The van der Waals surface area contributed by atoms with Crippen molar-refractivity contribution in [3.8, 4) is 0 Å². The average molecular weight is 363 g/mol. The highest BCUT2D eigenvalue weighted by atomic mass is 127. The highest BCUT2D eigenvalue weighted by Crippen LogP contribution is 2.09. The Kier molecular flexibility index (Phi) is 5.09. The van der Waals surface area contributed by atoms with E-state index in [0.717, 1.165) is 3.57 Å². The Morgan fingerprint density at radius 2 is 1.89 bits per heavy atom. The first-order valence-corrected chi connectivity index (χ1v) is 6.36. The molecule has 0 aliphatic carbocycles. The van der Waals surface area contributed by atoms with E-state index in [4.69, 9.17) is 5.11 Å². The molecule has 18 heavy (non-hydrogen) atoms. The van der Waals surface area contributed by atoms with E-state index < -0.39 is 18.0 Å². The zero-order chi connectivity index (χ0) is 13.8. The third-order valence-corrected chi connectivity index (χ3v) is 2.99. The van der Waals surface area contributed by atoms with Gasteiger partial charge in [0.1, 0.15) is 0 Å². The Balaban J connectivity index is 2.55. The van der Waals surface area contributed by atoms with Crippen molar-refractivity contribution in [1.29, 1.82) is 0 Å². The van der Waals surface area contributed by atoms with Crippen LogP contribution in [0.1, 0.15) is 23.7 Å². The van der Waals surface area contributed by atoms with Crippen molar-refractivity contribution in [2.24, 2.45) is 0 Å². The van der Waals surface area contributed by atoms with Crippen LogP contribution in [-0.2, 0) is 4.79 Å². The normalized spacial score (nSPS) is 13.7. The van der Waals surface area contributed by atoms with Gasteiger partial charge in [-0.3, -0.25) is 9.59 Å². The first-order chi connectivity index (χ1) is 8.30. The van der Waals surface area contributed by atoms with E-state index in [-0.39, 0.29) is 12.5 Å². The average Bonchev–Trinajstić information content (AvgIpc) is 2.25. The van der Waals surface area contributed by atoms with Crippen molar-refractivity contribution < 1.29 is 19.8 Å². The van der Waals surface area contributed by atoms with E-state index in [0.29, 0.717) is 5.56 Å². The van der Waals surface area contributed by atoms with Crippen LogP contribution in [0, 0.1) is 3.57 Å². The van der Waals surface area contributed by atoms with Gasteiger partial charge in [0.15, 0.2) is 0 Å². The summed E-state index contributed by atoms with van der Waals surface area (Å²) in [5.41, 5.74) is -0.980. The number of carbonyl (C=O) groups is 2. The molecule has 0 saturated carbocycles. The summed E-state index contributed by atoms with van der Waals surface area (Å²) in [6.07, 6.45) is -0.417. The monoisotopic (exact) mass is 363 g/mol. The van der Waals surface area contributed by atoms with Crippen molar-refractivity contribution in [2.75, 3.05) is 6.54 Å². The molecule has 1 aromatic rings. The molecule has 0 fully saturated rings. The molecule has 0 aliphatic rings. The molecular formula is C12H14INO4. The summed E-state index contributed by atoms with van der Waals surface area (Å²) in [6, 6.07) is 6.93. The number of aliphatic carboxylic acids is 1. The van der Waals surface area contributed by atoms with Crippen LogP contribution in [0.15, 0.2) is 24.3 Å². The molecule has 1 amide bonds. The third kappa shape index (κ3) is 5.01. The molecule has 1 rings (SSSR count). The molecule has 0 bridgehead atoms. The molecule has 98 valence electrons. The number of nitrogens with one attached hydrogen (secondary N) is 1. The van der Waals surface area contributed by atoms with Crippen LogP contribution in [0.2, 0.25) is 0 Å². The zero-order valence-corrected chi connectivity index (χ0v) is 12.0. The van der Waals surface area contributed by atoms with Gasteiger partial charge in [-0.05, 0) is 53.8 Å². The predicted octanol–water partition coefficient (Wildman–Crippen LogP) is 1.25. The SMILES string of the molecule is CC(O)(CNC(=O)c1ccc(I)cc1)CC(=O)O. The molecule has 0 aliphatic heterocycles. The van der Waals surface area contributed by atoms with Crippen molar-refractivity contribution in [2.45, 2.75) is 18.9 Å². The molecule has 0 saturated heterocycles. The molecule has 1 unspecified atom stereocenters. The van der Waals surface area contributed by atoms with E-state index in [1.165, 1.54) is 6.92 Å². The van der Waals surface area contributed by atoms with Gasteiger partial charge in [0.25, 0.3) is 5.91 Å². The van der Waals surface area contributed by atoms with Crippen molar-refractivity contribution >= 4 is 34.5 Å². The number of rotatable bonds is 5. The number of carbonyl (C=O) groups excluding carboxylic acids is 1. The Labute approximate surface area is 118 Å². The van der Waals surface area contributed by atoms with Crippen LogP contribution >= 0.6 is 22.6 Å². The number of hydrogen-bond acceptors (Lipinski definition) is 3. The van der Waals surface area contributed by atoms with Gasteiger partial charge < -0.3 is 15.5 Å². The first-order valence-electron chi connectivity index (χ1n) is 5.28. The summed E-state index contributed by atoms with van der Waals surface area (Å²) >= 11 is 2.13. The second-order valence-electron chi connectivity index (χ2n) is 4.26. The van der Waals surface area contributed by atoms with Gasteiger partial charge in [-0.1, -0.05) is 0 Å². The van der Waals surface area contributed by atoms with Gasteiger partial charge in [-0.2, -0.15) is 0 Å². The molecule has 0 spiro atoms. The molecule has 0 aromatic heterocycles. The van der Waals surface area contributed by atoms with Crippen LogP contribution in [0.4, 0.5) is 0 Å². The Hall–Kier alpha value is -1.15. The highest BCUT2D eigenvalue weighted by molar-refractivity contribution is 14.1. The van der Waals surface area contributed by atoms with Crippen LogP contribution in [0.25, 0.3) is 0 Å². The van der Waals surface area contributed by atoms with E-state index in [1.54, 1.807) is 24.3 Å². The minimum atomic E-state index is -1.45. The van der Waals surface area contributed by atoms with E-state index >= 15 is 0 Å². The molecule has 6 heteroatoms. The summed E-state index contributed by atoms with van der Waals surface area (Å²) in [6.45, 7) is 1.26. The van der Waals surface area contributed by atoms with Gasteiger partial charge >= 0.3 is 5.97 Å². The third-order valence-electron chi connectivity index (χ3n) is 2.27. The minimum absolute atomic E-state index is 0.107. The number of aliphatic hydroxyl groups is 1. The number of amides is 1. The summed E-state index contributed by atoms with van der Waals surface area (Å²) in [7, 11) is 0. The fourth-order valence-electron chi connectivity index (χ4n) is 1.36. The van der Waals surface area contributed by atoms with Crippen molar-refractivity contribution in [3.05, 3.63) is 33.4 Å². The summed E-state index contributed by atoms with van der Waals surface area (Å²) in [5.74, 6) is -1.44. The fourth-order valence-corrected chi connectivity index (χ4v) is 1.72. The lowest BCUT2D eigenvalue weighted by molar-refractivity contribution is -0.141. The lowest BCUT2D eigenvalue weighted by Crippen LogP contribution is -2.42. The van der Waals surface area contributed by atoms with Gasteiger partial charge in [-0.15, -0.1) is 0 Å². The number of hydrogen-bond donors (Lipinski definition) is 3. The summed E-state index contributed by atoms with van der Waals surface area (Å²) in [5, 5.41) is 20.8. The fraction of sp³-hybridized carbons (Fsp3) is 0.333. The number of carboxylic acid groups (broad SMARTS) is 1. The topological polar surface area (TPSA) is 86.6 Å². The maximum Gasteiger partial charge on any atom is 0.306 e. The van der Waals surface area contributed by atoms with Crippen LogP contribution in [0.3, 0.4) is 0 Å². The molecule has 0 radical (unpaired) electrons. The van der Waals surface area contributed by atoms with E-state index in [1.807, 2.05) is 0 Å². The van der Waals surface area contributed by atoms with Crippen molar-refractivity contribution in [1.82, 2.24) is 5.32 Å². The molecule has 1 atom stereocenters. The van der Waals surface area contributed by atoms with E-state index in [2.05, 4.69) is 27.9 Å². The van der Waals surface area contributed by atoms with Gasteiger partial charge in [0.05, 0.1) is 12.0 Å². The maximum absolute atomic E-state index is 11.7. The first kappa shape index (κ1) is 14.9. The van der Waals surface area contributed by atoms with Crippen molar-refractivity contribution in [3.63, 3.8) is 0 Å².